The van der Waals surface area contributed by atoms with Gasteiger partial charge in [0.15, 0.2) is 0 Å². The molecule has 0 radical (unpaired) electrons. The zero-order chi connectivity index (χ0) is 10.0. The predicted octanol–water partition coefficient (Wildman–Crippen LogP) is 1.81. The van der Waals surface area contributed by atoms with E-state index in [1.54, 1.807) is 13.0 Å². The highest BCUT2D eigenvalue weighted by Gasteiger charge is 2.13. The molecule has 0 spiro atoms. The van der Waals surface area contributed by atoms with Crippen LogP contribution < -0.4 is 5.73 Å². The summed E-state index contributed by atoms with van der Waals surface area (Å²) in [6, 6.07) is 4.00. The van der Waals surface area contributed by atoms with Gasteiger partial charge in [-0.3, -0.25) is 0 Å². The van der Waals surface area contributed by atoms with Crippen molar-refractivity contribution in [1.82, 2.24) is 0 Å². The molecule has 2 nitrogen and oxygen atoms in total. The minimum atomic E-state index is -0.669. The Kier molecular flexibility index (Phi) is 3.63. The summed E-state index contributed by atoms with van der Waals surface area (Å²) in [6.45, 7) is 1.59. The van der Waals surface area contributed by atoms with Crippen LogP contribution in [0.4, 0.5) is 4.39 Å². The van der Waals surface area contributed by atoms with Crippen LogP contribution in [0.5, 0.6) is 0 Å². The number of benzene rings is 1. The van der Waals surface area contributed by atoms with Crippen molar-refractivity contribution in [2.24, 2.45) is 5.73 Å². The van der Waals surface area contributed by atoms with Crippen molar-refractivity contribution < 1.29 is 9.50 Å². The van der Waals surface area contributed by atoms with Crippen LogP contribution in [0.1, 0.15) is 18.5 Å². The van der Waals surface area contributed by atoms with Crippen LogP contribution in [0.25, 0.3) is 0 Å². The third-order valence-electron chi connectivity index (χ3n) is 1.79. The van der Waals surface area contributed by atoms with Crippen molar-refractivity contribution in [2.75, 3.05) is 0 Å². The largest absolute Gasteiger partial charge is 0.391 e. The van der Waals surface area contributed by atoms with Gasteiger partial charge in [-0.25, -0.2) is 4.39 Å². The Balaban J connectivity index is 3.01. The summed E-state index contributed by atoms with van der Waals surface area (Å²) in [5.41, 5.74) is 6.28. The van der Waals surface area contributed by atoms with Crippen molar-refractivity contribution in [1.29, 1.82) is 0 Å². The first-order chi connectivity index (χ1) is 6.00. The lowest BCUT2D eigenvalue weighted by atomic mass is 10.0. The standard InChI is InChI=1S/C9H11FINO/c1-5(13)9(12)6-2-7(10)4-8(11)3-6/h2-5,9,13H,12H2,1H3/t5?,9-/m0/s1. The molecule has 0 heterocycles. The highest BCUT2D eigenvalue weighted by atomic mass is 127. The molecule has 2 atom stereocenters. The van der Waals surface area contributed by atoms with Crippen LogP contribution in [0.15, 0.2) is 18.2 Å². The minimum absolute atomic E-state index is 0.321. The van der Waals surface area contributed by atoms with E-state index in [1.165, 1.54) is 12.1 Å². The van der Waals surface area contributed by atoms with Gasteiger partial charge in [-0.05, 0) is 53.3 Å². The van der Waals surface area contributed by atoms with Gasteiger partial charge in [0.1, 0.15) is 5.82 Å². The van der Waals surface area contributed by atoms with Crippen LogP contribution in [-0.4, -0.2) is 11.2 Å². The normalized spacial score (nSPS) is 15.5. The molecule has 0 aliphatic heterocycles. The second-order valence-corrected chi connectivity index (χ2v) is 4.21. The van der Waals surface area contributed by atoms with Crippen LogP contribution in [0.3, 0.4) is 0 Å². The van der Waals surface area contributed by atoms with Gasteiger partial charge in [-0.15, -0.1) is 0 Å². The van der Waals surface area contributed by atoms with Crippen LogP contribution in [0, 0.1) is 9.39 Å². The molecule has 0 aliphatic carbocycles. The molecule has 0 saturated carbocycles. The van der Waals surface area contributed by atoms with E-state index in [2.05, 4.69) is 0 Å². The highest BCUT2D eigenvalue weighted by molar-refractivity contribution is 14.1. The number of aliphatic hydroxyl groups excluding tert-OH is 1. The molecule has 72 valence electrons. The number of halogens is 2. The van der Waals surface area contributed by atoms with E-state index in [4.69, 9.17) is 5.73 Å². The van der Waals surface area contributed by atoms with E-state index in [1.807, 2.05) is 22.6 Å². The fourth-order valence-electron chi connectivity index (χ4n) is 1.05. The quantitative estimate of drug-likeness (QED) is 0.817. The molecule has 4 heteroatoms. The van der Waals surface area contributed by atoms with Crippen molar-refractivity contribution in [3.63, 3.8) is 0 Å². The number of rotatable bonds is 2. The van der Waals surface area contributed by atoms with E-state index in [9.17, 15) is 9.50 Å². The molecule has 3 N–H and O–H groups in total. The van der Waals surface area contributed by atoms with Crippen molar-refractivity contribution in [3.05, 3.63) is 33.1 Å². The third-order valence-corrected chi connectivity index (χ3v) is 2.41. The Hall–Kier alpha value is -0.200. The second kappa shape index (κ2) is 4.34. The summed E-state index contributed by atoms with van der Waals surface area (Å²) in [7, 11) is 0. The first-order valence-corrected chi connectivity index (χ1v) is 4.98. The average Bonchev–Trinajstić information content (AvgIpc) is 2.01. The predicted molar refractivity (Wildman–Crippen MR) is 57.7 cm³/mol. The minimum Gasteiger partial charge on any atom is -0.391 e. The lowest BCUT2D eigenvalue weighted by Crippen LogP contribution is -2.23. The fraction of sp³-hybridized carbons (Fsp3) is 0.333. The highest BCUT2D eigenvalue weighted by Crippen LogP contribution is 2.18. The van der Waals surface area contributed by atoms with Gasteiger partial charge in [-0.2, -0.15) is 0 Å². The van der Waals surface area contributed by atoms with Gasteiger partial charge < -0.3 is 10.8 Å². The van der Waals surface area contributed by atoms with Crippen molar-refractivity contribution >= 4 is 22.6 Å². The Morgan fingerprint density at radius 3 is 2.54 bits per heavy atom. The van der Waals surface area contributed by atoms with Crippen LogP contribution in [-0.2, 0) is 0 Å². The molecular formula is C9H11FINO. The van der Waals surface area contributed by atoms with Crippen molar-refractivity contribution in [2.45, 2.75) is 19.1 Å². The number of aliphatic hydroxyl groups is 1. The maximum atomic E-state index is 12.9. The summed E-state index contributed by atoms with van der Waals surface area (Å²) in [5.74, 6) is -0.321. The zero-order valence-electron chi connectivity index (χ0n) is 7.17. The third kappa shape index (κ3) is 2.89. The molecule has 1 unspecified atom stereocenters. The SMILES string of the molecule is CC(O)[C@H](N)c1cc(F)cc(I)c1. The van der Waals surface area contributed by atoms with Gasteiger partial charge in [0.05, 0.1) is 12.1 Å². The topological polar surface area (TPSA) is 46.2 Å². The molecule has 1 aromatic carbocycles. The van der Waals surface area contributed by atoms with E-state index in [0.717, 1.165) is 3.57 Å². The second-order valence-electron chi connectivity index (χ2n) is 2.97. The number of nitrogens with two attached hydrogens (primary N) is 1. The van der Waals surface area contributed by atoms with Gasteiger partial charge in [0.25, 0.3) is 0 Å². The molecule has 0 fully saturated rings. The van der Waals surface area contributed by atoms with E-state index < -0.39 is 12.1 Å². The van der Waals surface area contributed by atoms with Crippen LogP contribution >= 0.6 is 22.6 Å². The van der Waals surface area contributed by atoms with Crippen LogP contribution in [0.2, 0.25) is 0 Å². The van der Waals surface area contributed by atoms with E-state index >= 15 is 0 Å². The summed E-state index contributed by atoms with van der Waals surface area (Å²) in [4.78, 5) is 0. The summed E-state index contributed by atoms with van der Waals surface area (Å²) < 4.78 is 13.7. The smallest absolute Gasteiger partial charge is 0.124 e. The molecular weight excluding hydrogens is 284 g/mol. The monoisotopic (exact) mass is 295 g/mol. The number of hydrogen-bond acceptors (Lipinski definition) is 2. The molecule has 0 amide bonds. The summed E-state index contributed by atoms with van der Waals surface area (Å²) >= 11 is 2.01. The zero-order valence-corrected chi connectivity index (χ0v) is 9.32. The Morgan fingerprint density at radius 1 is 1.46 bits per heavy atom. The molecule has 0 saturated heterocycles. The number of hydrogen-bond donors (Lipinski definition) is 2. The first-order valence-electron chi connectivity index (χ1n) is 3.90. The molecule has 0 aliphatic rings. The Morgan fingerprint density at radius 2 is 2.08 bits per heavy atom. The lowest BCUT2D eigenvalue weighted by molar-refractivity contribution is 0.164. The van der Waals surface area contributed by atoms with Gasteiger partial charge >= 0.3 is 0 Å². The molecule has 0 bridgehead atoms. The average molecular weight is 295 g/mol. The Bertz CT molecular complexity index is 283. The lowest BCUT2D eigenvalue weighted by Gasteiger charge is -2.15. The molecule has 13 heavy (non-hydrogen) atoms. The molecule has 1 rings (SSSR count). The van der Waals surface area contributed by atoms with Gasteiger partial charge in [0.2, 0.25) is 0 Å². The maximum absolute atomic E-state index is 12.9. The van der Waals surface area contributed by atoms with E-state index in [0.29, 0.717) is 5.56 Å². The maximum Gasteiger partial charge on any atom is 0.124 e. The fourth-order valence-corrected chi connectivity index (χ4v) is 1.70. The summed E-state index contributed by atoms with van der Waals surface area (Å²) in [6.07, 6.45) is -0.669. The molecule has 0 aromatic heterocycles. The molecule has 1 aromatic rings. The van der Waals surface area contributed by atoms with E-state index in [-0.39, 0.29) is 5.82 Å². The van der Waals surface area contributed by atoms with Gasteiger partial charge in [-0.1, -0.05) is 0 Å². The first kappa shape index (κ1) is 10.9. The Labute approximate surface area is 90.1 Å². The summed E-state index contributed by atoms with van der Waals surface area (Å²) in [5, 5.41) is 9.21. The van der Waals surface area contributed by atoms with Gasteiger partial charge in [0, 0.05) is 3.57 Å². The van der Waals surface area contributed by atoms with Crippen molar-refractivity contribution in [3.8, 4) is 0 Å².